The molecule has 0 spiro atoms. The summed E-state index contributed by atoms with van der Waals surface area (Å²) >= 11 is 0. The molecule has 1 N–H and O–H groups in total. The first kappa shape index (κ1) is 12.5. The van der Waals surface area contributed by atoms with Crippen LogP contribution in [0.4, 0.5) is 10.1 Å². The van der Waals surface area contributed by atoms with Crippen molar-refractivity contribution in [1.29, 1.82) is 0 Å². The minimum absolute atomic E-state index is 0.146. The van der Waals surface area contributed by atoms with E-state index in [9.17, 15) is 14.0 Å². The largest absolute Gasteiger partial charge is 0.481 e. The number of anilines is 1. The number of aliphatic carboxylic acids is 1. The number of nitrogens with zero attached hydrogens (tertiary/aromatic N) is 1. The third-order valence-corrected chi connectivity index (χ3v) is 3.22. The number of carbonyl (C=O) groups is 2. The van der Waals surface area contributed by atoms with Crippen molar-refractivity contribution in [1.82, 2.24) is 0 Å². The molecule has 1 aromatic carbocycles. The van der Waals surface area contributed by atoms with Gasteiger partial charge in [-0.3, -0.25) is 9.59 Å². The number of carboxylic acid groups (broad SMARTS) is 1. The average Bonchev–Trinajstić information content (AvgIpc) is 2.54. The number of carbonyl (C=O) groups excluding carboxylic acids is 1. The number of fused-ring (bicyclic) bond motifs is 1. The van der Waals surface area contributed by atoms with Gasteiger partial charge in [-0.05, 0) is 23.6 Å². The minimum atomic E-state index is -0.913. The summed E-state index contributed by atoms with van der Waals surface area (Å²) in [5, 5.41) is 8.83. The Labute approximate surface area is 104 Å². The van der Waals surface area contributed by atoms with Crippen LogP contribution >= 0.6 is 0 Å². The van der Waals surface area contributed by atoms with Crippen molar-refractivity contribution in [2.75, 3.05) is 11.9 Å². The van der Waals surface area contributed by atoms with E-state index < -0.39 is 17.7 Å². The van der Waals surface area contributed by atoms with Crippen LogP contribution in [0.2, 0.25) is 0 Å². The smallest absolute Gasteiger partial charge is 0.306 e. The van der Waals surface area contributed by atoms with E-state index in [0.717, 1.165) is 0 Å². The lowest BCUT2D eigenvalue weighted by molar-refractivity contribution is -0.141. The summed E-state index contributed by atoms with van der Waals surface area (Å²) in [6, 6.07) is 3.03. The Morgan fingerprint density at radius 2 is 2.22 bits per heavy atom. The number of rotatable bonds is 3. The normalized spacial score (nSPS) is 15.7. The van der Waals surface area contributed by atoms with Crippen molar-refractivity contribution < 1.29 is 19.1 Å². The first-order valence-electron chi connectivity index (χ1n) is 5.70. The Bertz CT molecular complexity index is 527. The Kier molecular flexibility index (Phi) is 3.07. The lowest BCUT2D eigenvalue weighted by Gasteiger charge is -2.13. The molecule has 0 saturated carbocycles. The van der Waals surface area contributed by atoms with Gasteiger partial charge in [-0.1, -0.05) is 13.0 Å². The number of carboxylic acids is 1. The molecule has 1 atom stereocenters. The molecule has 5 heteroatoms. The van der Waals surface area contributed by atoms with Crippen LogP contribution in [0, 0.1) is 11.7 Å². The number of benzene rings is 1. The standard InChI is InChI=1S/C13H14FNO3/c1-7(13(17)18)3-8-4-9-6-11(16)15(2)12(9)10(14)5-8/h4-5,7H,3,6H2,1-2H3,(H,17,18). The van der Waals surface area contributed by atoms with E-state index in [2.05, 4.69) is 0 Å². The number of hydrogen-bond donors (Lipinski definition) is 1. The Balaban J connectivity index is 2.33. The van der Waals surface area contributed by atoms with E-state index in [4.69, 9.17) is 5.11 Å². The highest BCUT2D eigenvalue weighted by Gasteiger charge is 2.28. The van der Waals surface area contributed by atoms with Gasteiger partial charge < -0.3 is 10.0 Å². The second-order valence-corrected chi connectivity index (χ2v) is 4.66. The third-order valence-electron chi connectivity index (χ3n) is 3.22. The van der Waals surface area contributed by atoms with Crippen LogP contribution in [-0.4, -0.2) is 24.0 Å². The minimum Gasteiger partial charge on any atom is -0.481 e. The highest BCUT2D eigenvalue weighted by Crippen LogP contribution is 2.32. The fourth-order valence-electron chi connectivity index (χ4n) is 2.19. The summed E-state index contributed by atoms with van der Waals surface area (Å²) in [4.78, 5) is 23.6. The van der Waals surface area contributed by atoms with Crippen molar-refractivity contribution >= 4 is 17.6 Å². The molecule has 0 aromatic heterocycles. The number of amides is 1. The quantitative estimate of drug-likeness (QED) is 0.887. The zero-order chi connectivity index (χ0) is 13.4. The molecule has 1 heterocycles. The summed E-state index contributed by atoms with van der Waals surface area (Å²) < 4.78 is 13.9. The van der Waals surface area contributed by atoms with E-state index in [1.807, 2.05) is 0 Å². The number of likely N-dealkylation sites (N-methyl/N-ethyl adjacent to an activating group) is 1. The summed E-state index contributed by atoms with van der Waals surface area (Å²) in [6.45, 7) is 1.57. The van der Waals surface area contributed by atoms with E-state index in [1.54, 1.807) is 13.0 Å². The maximum absolute atomic E-state index is 13.9. The van der Waals surface area contributed by atoms with E-state index in [0.29, 0.717) is 16.8 Å². The second kappa shape index (κ2) is 4.40. The summed E-state index contributed by atoms with van der Waals surface area (Å²) in [5.41, 5.74) is 1.56. The topological polar surface area (TPSA) is 57.6 Å². The first-order valence-corrected chi connectivity index (χ1v) is 5.70. The molecule has 0 saturated heterocycles. The van der Waals surface area contributed by atoms with Gasteiger partial charge in [-0.2, -0.15) is 0 Å². The number of hydrogen-bond acceptors (Lipinski definition) is 2. The first-order chi connectivity index (χ1) is 8.40. The third kappa shape index (κ3) is 2.08. The molecule has 1 unspecified atom stereocenters. The maximum atomic E-state index is 13.9. The van der Waals surface area contributed by atoms with Gasteiger partial charge in [-0.25, -0.2) is 4.39 Å². The van der Waals surface area contributed by atoms with Crippen molar-refractivity contribution in [2.24, 2.45) is 5.92 Å². The average molecular weight is 251 g/mol. The van der Waals surface area contributed by atoms with E-state index >= 15 is 0 Å². The van der Waals surface area contributed by atoms with Crippen molar-refractivity contribution in [3.05, 3.63) is 29.1 Å². The zero-order valence-electron chi connectivity index (χ0n) is 10.2. The molecule has 1 amide bonds. The van der Waals surface area contributed by atoms with Gasteiger partial charge in [0.2, 0.25) is 5.91 Å². The Hall–Kier alpha value is -1.91. The molecular weight excluding hydrogens is 237 g/mol. The van der Waals surface area contributed by atoms with Crippen LogP contribution in [-0.2, 0) is 22.4 Å². The van der Waals surface area contributed by atoms with E-state index in [-0.39, 0.29) is 18.7 Å². The molecule has 96 valence electrons. The molecule has 0 aliphatic carbocycles. The summed E-state index contributed by atoms with van der Waals surface area (Å²) in [6.07, 6.45) is 0.440. The molecule has 2 rings (SSSR count). The predicted octanol–water partition coefficient (Wildman–Crippen LogP) is 1.61. The SMILES string of the molecule is CC(Cc1cc(F)c2c(c1)CC(=O)N2C)C(=O)O. The molecule has 1 aliphatic rings. The molecule has 0 bridgehead atoms. The van der Waals surface area contributed by atoms with Gasteiger partial charge in [0, 0.05) is 7.05 Å². The molecule has 1 aromatic rings. The molecule has 1 aliphatic heterocycles. The van der Waals surface area contributed by atoms with Crippen LogP contribution in [0.3, 0.4) is 0 Å². The molecule has 4 nitrogen and oxygen atoms in total. The predicted molar refractivity (Wildman–Crippen MR) is 64.0 cm³/mol. The molecule has 18 heavy (non-hydrogen) atoms. The van der Waals surface area contributed by atoms with Crippen molar-refractivity contribution in [3.8, 4) is 0 Å². The Morgan fingerprint density at radius 3 is 2.83 bits per heavy atom. The lowest BCUT2D eigenvalue weighted by Crippen LogP contribution is -2.21. The van der Waals surface area contributed by atoms with Gasteiger partial charge in [0.25, 0.3) is 0 Å². The highest BCUT2D eigenvalue weighted by molar-refractivity contribution is 6.01. The Morgan fingerprint density at radius 1 is 1.56 bits per heavy atom. The van der Waals surface area contributed by atoms with Gasteiger partial charge in [-0.15, -0.1) is 0 Å². The van der Waals surface area contributed by atoms with E-state index in [1.165, 1.54) is 18.0 Å². The van der Waals surface area contributed by atoms with Crippen LogP contribution < -0.4 is 4.90 Å². The highest BCUT2D eigenvalue weighted by atomic mass is 19.1. The summed E-state index contributed by atoms with van der Waals surface area (Å²) in [5.74, 6) is -2.10. The maximum Gasteiger partial charge on any atom is 0.306 e. The van der Waals surface area contributed by atoms with Gasteiger partial charge in [0.05, 0.1) is 18.0 Å². The van der Waals surface area contributed by atoms with Crippen LogP contribution in [0.25, 0.3) is 0 Å². The fourth-order valence-corrected chi connectivity index (χ4v) is 2.19. The van der Waals surface area contributed by atoms with Crippen molar-refractivity contribution in [3.63, 3.8) is 0 Å². The lowest BCUT2D eigenvalue weighted by atomic mass is 9.98. The number of halogens is 1. The second-order valence-electron chi connectivity index (χ2n) is 4.66. The van der Waals surface area contributed by atoms with Crippen LogP contribution in [0.1, 0.15) is 18.1 Å². The fraction of sp³-hybridized carbons (Fsp3) is 0.385. The zero-order valence-corrected chi connectivity index (χ0v) is 10.2. The van der Waals surface area contributed by atoms with Crippen molar-refractivity contribution in [2.45, 2.75) is 19.8 Å². The van der Waals surface area contributed by atoms with Gasteiger partial charge in [0.1, 0.15) is 5.82 Å². The van der Waals surface area contributed by atoms with Gasteiger partial charge >= 0.3 is 5.97 Å². The van der Waals surface area contributed by atoms with Crippen LogP contribution in [0.15, 0.2) is 12.1 Å². The molecule has 0 radical (unpaired) electrons. The van der Waals surface area contributed by atoms with Gasteiger partial charge in [0.15, 0.2) is 0 Å². The van der Waals surface area contributed by atoms with Crippen LogP contribution in [0.5, 0.6) is 0 Å². The molecular formula is C13H14FNO3. The summed E-state index contributed by atoms with van der Waals surface area (Å²) in [7, 11) is 1.54. The monoisotopic (exact) mass is 251 g/mol. The molecule has 0 fully saturated rings.